The van der Waals surface area contributed by atoms with Crippen LogP contribution in [0.2, 0.25) is 0 Å². The van der Waals surface area contributed by atoms with Crippen molar-refractivity contribution in [3.05, 3.63) is 35.4 Å². The highest BCUT2D eigenvalue weighted by Crippen LogP contribution is 2.20. The van der Waals surface area contributed by atoms with Crippen molar-refractivity contribution in [2.45, 2.75) is 58.8 Å². The van der Waals surface area contributed by atoms with Gasteiger partial charge in [0.25, 0.3) is 0 Å². The van der Waals surface area contributed by atoms with Gasteiger partial charge in [-0.1, -0.05) is 38.1 Å². The molecule has 1 amide bonds. The fourth-order valence-corrected chi connectivity index (χ4v) is 3.68. The highest BCUT2D eigenvalue weighted by molar-refractivity contribution is 5.80. The molecule has 1 saturated heterocycles. The molecule has 1 aromatic rings. The Morgan fingerprint density at radius 1 is 1.21 bits per heavy atom. The van der Waals surface area contributed by atoms with Crippen LogP contribution in [-0.4, -0.2) is 50.0 Å². The summed E-state index contributed by atoms with van der Waals surface area (Å²) in [6, 6.07) is 9.00. The van der Waals surface area contributed by atoms with Crippen molar-refractivity contribution in [3.63, 3.8) is 0 Å². The first kappa shape index (κ1) is 22.3. The van der Waals surface area contributed by atoms with Gasteiger partial charge in [-0.15, -0.1) is 0 Å². The molecular weight excluding hydrogens is 348 g/mol. The molecule has 0 aromatic heterocycles. The van der Waals surface area contributed by atoms with Gasteiger partial charge in [0, 0.05) is 39.6 Å². The maximum absolute atomic E-state index is 11.6. The van der Waals surface area contributed by atoms with E-state index < -0.39 is 0 Å². The number of rotatable bonds is 8. The summed E-state index contributed by atoms with van der Waals surface area (Å²) in [5.41, 5.74) is 2.79. The quantitative estimate of drug-likeness (QED) is 0.408. The average Bonchev–Trinajstić information content (AvgIpc) is 2.71. The number of guanidine groups is 1. The lowest BCUT2D eigenvalue weighted by atomic mass is 9.93. The molecule has 5 heteroatoms. The summed E-state index contributed by atoms with van der Waals surface area (Å²) in [4.78, 5) is 18.8. The SMILES string of the molecule is CCNC(=NCCCc1ccc(C(C)C)cc1)N1CCC(CC(=O)NC)CC1. The number of benzene rings is 1. The third-order valence-electron chi connectivity index (χ3n) is 5.53. The second-order valence-corrected chi connectivity index (χ2v) is 8.04. The molecule has 1 aliphatic heterocycles. The molecule has 2 N–H and O–H groups in total. The fraction of sp³-hybridized carbons (Fsp3) is 0.652. The van der Waals surface area contributed by atoms with Crippen molar-refractivity contribution in [2.24, 2.45) is 10.9 Å². The maximum atomic E-state index is 11.6. The van der Waals surface area contributed by atoms with Crippen molar-refractivity contribution in [1.29, 1.82) is 0 Å². The first-order valence-corrected chi connectivity index (χ1v) is 10.9. The van der Waals surface area contributed by atoms with E-state index in [0.717, 1.165) is 57.8 Å². The van der Waals surface area contributed by atoms with Crippen LogP contribution in [0.4, 0.5) is 0 Å². The third-order valence-corrected chi connectivity index (χ3v) is 5.53. The van der Waals surface area contributed by atoms with Crippen molar-refractivity contribution >= 4 is 11.9 Å². The third kappa shape index (κ3) is 7.17. The molecule has 28 heavy (non-hydrogen) atoms. The zero-order valence-corrected chi connectivity index (χ0v) is 18.1. The van der Waals surface area contributed by atoms with Crippen LogP contribution in [0.1, 0.15) is 63.5 Å². The number of nitrogens with zero attached hydrogens (tertiary/aromatic N) is 2. The van der Waals surface area contributed by atoms with E-state index in [4.69, 9.17) is 4.99 Å². The Hall–Kier alpha value is -2.04. The molecule has 0 radical (unpaired) electrons. The number of carbonyl (C=O) groups is 1. The highest BCUT2D eigenvalue weighted by Gasteiger charge is 2.22. The first-order chi connectivity index (χ1) is 13.5. The van der Waals surface area contributed by atoms with Crippen molar-refractivity contribution < 1.29 is 4.79 Å². The number of carbonyl (C=O) groups excluding carboxylic acids is 1. The molecule has 0 unspecified atom stereocenters. The molecule has 2 rings (SSSR count). The Morgan fingerprint density at radius 3 is 2.46 bits per heavy atom. The van der Waals surface area contributed by atoms with Gasteiger partial charge in [0.1, 0.15) is 0 Å². The largest absolute Gasteiger partial charge is 0.359 e. The zero-order valence-electron chi connectivity index (χ0n) is 18.1. The number of piperidine rings is 1. The lowest BCUT2D eigenvalue weighted by molar-refractivity contribution is -0.121. The molecule has 0 bridgehead atoms. The van der Waals surface area contributed by atoms with Gasteiger partial charge in [0.2, 0.25) is 5.91 Å². The van der Waals surface area contributed by atoms with Crippen LogP contribution in [0.5, 0.6) is 0 Å². The number of aliphatic imine (C=N–C) groups is 1. The Kier molecular flexibility index (Phi) is 9.32. The standard InChI is InChI=1S/C23H38N4O/c1-5-25-23(27-15-12-20(13-16-27)17-22(28)24-4)26-14-6-7-19-8-10-21(11-9-19)18(2)3/h8-11,18,20H,5-7,12-17H2,1-4H3,(H,24,28)(H,25,26). The zero-order chi connectivity index (χ0) is 20.4. The second-order valence-electron chi connectivity index (χ2n) is 8.04. The van der Waals surface area contributed by atoms with Gasteiger partial charge in [-0.2, -0.15) is 0 Å². The number of hydrogen-bond donors (Lipinski definition) is 2. The number of nitrogens with one attached hydrogen (secondary N) is 2. The van der Waals surface area contributed by atoms with Crippen LogP contribution in [-0.2, 0) is 11.2 Å². The van der Waals surface area contributed by atoms with Crippen LogP contribution < -0.4 is 10.6 Å². The predicted octanol–water partition coefficient (Wildman–Crippen LogP) is 3.56. The Labute approximate surface area is 171 Å². The van der Waals surface area contributed by atoms with Crippen LogP contribution in [0.3, 0.4) is 0 Å². The molecule has 0 saturated carbocycles. The lowest BCUT2D eigenvalue weighted by Crippen LogP contribution is -2.46. The molecule has 0 spiro atoms. The van der Waals surface area contributed by atoms with Gasteiger partial charge in [0.05, 0.1) is 0 Å². The van der Waals surface area contributed by atoms with Gasteiger partial charge in [-0.05, 0) is 55.6 Å². The monoisotopic (exact) mass is 386 g/mol. The fourth-order valence-electron chi connectivity index (χ4n) is 3.68. The van der Waals surface area contributed by atoms with E-state index in [9.17, 15) is 4.79 Å². The molecule has 0 aliphatic carbocycles. The Morgan fingerprint density at radius 2 is 1.89 bits per heavy atom. The van der Waals surface area contributed by atoms with Crippen LogP contribution in [0, 0.1) is 5.92 Å². The molecule has 1 fully saturated rings. The van der Waals surface area contributed by atoms with Gasteiger partial charge in [-0.25, -0.2) is 0 Å². The number of amides is 1. The van der Waals surface area contributed by atoms with E-state index in [2.05, 4.69) is 60.6 Å². The molecule has 1 heterocycles. The van der Waals surface area contributed by atoms with Crippen LogP contribution >= 0.6 is 0 Å². The van der Waals surface area contributed by atoms with Gasteiger partial charge in [0.15, 0.2) is 5.96 Å². The summed E-state index contributed by atoms with van der Waals surface area (Å²) in [6.07, 6.45) is 4.88. The minimum absolute atomic E-state index is 0.153. The average molecular weight is 387 g/mol. The summed E-state index contributed by atoms with van der Waals surface area (Å²) in [5.74, 6) is 2.26. The maximum Gasteiger partial charge on any atom is 0.220 e. The van der Waals surface area contributed by atoms with Crippen molar-refractivity contribution in [1.82, 2.24) is 15.5 Å². The number of likely N-dealkylation sites (tertiary alicyclic amines) is 1. The minimum atomic E-state index is 0.153. The summed E-state index contributed by atoms with van der Waals surface area (Å²) < 4.78 is 0. The van der Waals surface area contributed by atoms with Crippen LogP contribution in [0.15, 0.2) is 29.3 Å². The Balaban J connectivity index is 1.79. The lowest BCUT2D eigenvalue weighted by Gasteiger charge is -2.34. The molecule has 5 nitrogen and oxygen atoms in total. The van der Waals surface area contributed by atoms with Crippen molar-refractivity contribution in [2.75, 3.05) is 33.2 Å². The molecule has 1 aromatic carbocycles. The number of hydrogen-bond acceptors (Lipinski definition) is 2. The smallest absolute Gasteiger partial charge is 0.220 e. The van der Waals surface area contributed by atoms with E-state index in [1.54, 1.807) is 7.05 Å². The Bertz CT molecular complexity index is 616. The summed E-state index contributed by atoms with van der Waals surface area (Å²) in [7, 11) is 1.71. The normalized spacial score (nSPS) is 15.8. The molecule has 1 aliphatic rings. The van der Waals surface area contributed by atoms with Crippen LogP contribution in [0.25, 0.3) is 0 Å². The summed E-state index contributed by atoms with van der Waals surface area (Å²) in [5, 5.41) is 6.17. The number of aryl methyl sites for hydroxylation is 1. The van der Waals surface area contributed by atoms with E-state index in [-0.39, 0.29) is 5.91 Å². The van der Waals surface area contributed by atoms with E-state index in [0.29, 0.717) is 18.3 Å². The molecular formula is C23H38N4O. The van der Waals surface area contributed by atoms with Crippen molar-refractivity contribution in [3.8, 4) is 0 Å². The molecule has 0 atom stereocenters. The minimum Gasteiger partial charge on any atom is -0.359 e. The summed E-state index contributed by atoms with van der Waals surface area (Å²) in [6.45, 7) is 10.2. The van der Waals surface area contributed by atoms with Gasteiger partial charge >= 0.3 is 0 Å². The van der Waals surface area contributed by atoms with E-state index >= 15 is 0 Å². The van der Waals surface area contributed by atoms with Gasteiger partial charge in [-0.3, -0.25) is 9.79 Å². The topological polar surface area (TPSA) is 56.7 Å². The predicted molar refractivity (Wildman–Crippen MR) is 118 cm³/mol. The second kappa shape index (κ2) is 11.7. The summed E-state index contributed by atoms with van der Waals surface area (Å²) >= 11 is 0. The molecule has 156 valence electrons. The first-order valence-electron chi connectivity index (χ1n) is 10.9. The van der Waals surface area contributed by atoms with E-state index in [1.807, 2.05) is 0 Å². The van der Waals surface area contributed by atoms with Gasteiger partial charge < -0.3 is 15.5 Å². The highest BCUT2D eigenvalue weighted by atomic mass is 16.1. The van der Waals surface area contributed by atoms with E-state index in [1.165, 1.54) is 11.1 Å².